The fourth-order valence-electron chi connectivity index (χ4n) is 2.87. The molecule has 1 saturated carbocycles. The van der Waals surface area contributed by atoms with Crippen molar-refractivity contribution in [3.05, 3.63) is 53.6 Å². The minimum atomic E-state index is -3.32. The highest BCUT2D eigenvalue weighted by Crippen LogP contribution is 2.51. The smallest absolute Gasteiger partial charge is 0.181 e. The van der Waals surface area contributed by atoms with E-state index in [-0.39, 0.29) is 5.92 Å². The van der Waals surface area contributed by atoms with Crippen LogP contribution in [0.5, 0.6) is 11.5 Å². The van der Waals surface area contributed by atoms with E-state index in [4.69, 9.17) is 9.47 Å². The van der Waals surface area contributed by atoms with E-state index in [1.54, 1.807) is 26.4 Å². The third kappa shape index (κ3) is 2.93. The summed E-state index contributed by atoms with van der Waals surface area (Å²) in [6.45, 7) is 1.94. The van der Waals surface area contributed by atoms with Crippen molar-refractivity contribution in [2.75, 3.05) is 14.2 Å². The van der Waals surface area contributed by atoms with Crippen molar-refractivity contribution in [2.45, 2.75) is 29.4 Å². The van der Waals surface area contributed by atoms with Gasteiger partial charge < -0.3 is 9.47 Å². The van der Waals surface area contributed by atoms with Gasteiger partial charge in [0.2, 0.25) is 0 Å². The van der Waals surface area contributed by atoms with Crippen LogP contribution in [0.2, 0.25) is 0 Å². The number of rotatable bonds is 5. The van der Waals surface area contributed by atoms with E-state index in [9.17, 15) is 8.42 Å². The summed E-state index contributed by atoms with van der Waals surface area (Å²) >= 11 is 0. The third-order valence-electron chi connectivity index (χ3n) is 4.32. The molecule has 0 spiro atoms. The minimum absolute atomic E-state index is 0.0497. The van der Waals surface area contributed by atoms with Gasteiger partial charge in [0, 0.05) is 11.5 Å². The van der Waals surface area contributed by atoms with Gasteiger partial charge in [-0.25, -0.2) is 8.42 Å². The van der Waals surface area contributed by atoms with Gasteiger partial charge in [0.25, 0.3) is 0 Å². The molecule has 3 rings (SSSR count). The summed E-state index contributed by atoms with van der Waals surface area (Å²) in [4.78, 5) is 0.387. The molecule has 23 heavy (non-hydrogen) atoms. The largest absolute Gasteiger partial charge is 0.497 e. The van der Waals surface area contributed by atoms with Gasteiger partial charge in [-0.3, -0.25) is 0 Å². The standard InChI is InChI=1S/C18H20O4S/c1-12-4-7-14(8-5-12)23(19,20)18-11-16(18)15-10-13(21-2)6-9-17(15)22-3/h4-10,16,18H,11H2,1-3H3/t16-,18+/m1/s1. The van der Waals surface area contributed by atoms with Crippen LogP contribution in [0.15, 0.2) is 47.4 Å². The molecular formula is C18H20O4S. The molecule has 0 bridgehead atoms. The second-order valence-corrected chi connectivity index (χ2v) is 8.01. The van der Waals surface area contributed by atoms with Gasteiger partial charge >= 0.3 is 0 Å². The molecule has 4 nitrogen and oxygen atoms in total. The topological polar surface area (TPSA) is 52.6 Å². The summed E-state index contributed by atoms with van der Waals surface area (Å²) in [7, 11) is -0.130. The number of benzene rings is 2. The molecule has 1 aliphatic rings. The zero-order valence-electron chi connectivity index (χ0n) is 13.4. The lowest BCUT2D eigenvalue weighted by Crippen LogP contribution is -2.09. The Hall–Kier alpha value is -2.01. The molecule has 2 aromatic carbocycles. The lowest BCUT2D eigenvalue weighted by Gasteiger charge is -2.11. The Labute approximate surface area is 137 Å². The Kier molecular flexibility index (Phi) is 4.06. The maximum absolute atomic E-state index is 12.8. The molecule has 0 saturated heterocycles. The van der Waals surface area contributed by atoms with Crippen molar-refractivity contribution in [3.8, 4) is 11.5 Å². The van der Waals surface area contributed by atoms with Crippen LogP contribution in [0.3, 0.4) is 0 Å². The van der Waals surface area contributed by atoms with Gasteiger partial charge in [-0.05, 0) is 43.7 Å². The minimum Gasteiger partial charge on any atom is -0.497 e. The fourth-order valence-corrected chi connectivity index (χ4v) is 4.78. The molecule has 0 N–H and O–H groups in total. The molecule has 122 valence electrons. The van der Waals surface area contributed by atoms with E-state index in [1.807, 2.05) is 37.3 Å². The summed E-state index contributed by atoms with van der Waals surface area (Å²) in [5, 5.41) is -0.397. The van der Waals surface area contributed by atoms with E-state index in [1.165, 1.54) is 0 Å². The highest BCUT2D eigenvalue weighted by atomic mass is 32.2. The average Bonchev–Trinajstić information content (AvgIpc) is 3.36. The van der Waals surface area contributed by atoms with Crippen molar-refractivity contribution in [3.63, 3.8) is 0 Å². The Morgan fingerprint density at radius 3 is 2.30 bits per heavy atom. The number of sulfone groups is 1. The quantitative estimate of drug-likeness (QED) is 0.843. The molecule has 2 atom stereocenters. The first-order valence-corrected chi connectivity index (χ1v) is 9.04. The van der Waals surface area contributed by atoms with Crippen LogP contribution < -0.4 is 9.47 Å². The second-order valence-electron chi connectivity index (χ2n) is 5.85. The Morgan fingerprint density at radius 1 is 1.00 bits per heavy atom. The van der Waals surface area contributed by atoms with Crippen molar-refractivity contribution in [1.82, 2.24) is 0 Å². The van der Waals surface area contributed by atoms with Gasteiger partial charge in [-0.1, -0.05) is 17.7 Å². The fraction of sp³-hybridized carbons (Fsp3) is 0.333. The lowest BCUT2D eigenvalue weighted by atomic mass is 10.1. The van der Waals surface area contributed by atoms with Gasteiger partial charge in [0.15, 0.2) is 9.84 Å². The van der Waals surface area contributed by atoms with Crippen LogP contribution in [0.4, 0.5) is 0 Å². The van der Waals surface area contributed by atoms with Crippen molar-refractivity contribution in [1.29, 1.82) is 0 Å². The number of hydrogen-bond acceptors (Lipinski definition) is 4. The van der Waals surface area contributed by atoms with Crippen LogP contribution in [-0.4, -0.2) is 27.9 Å². The lowest BCUT2D eigenvalue weighted by molar-refractivity contribution is 0.399. The van der Waals surface area contributed by atoms with Crippen molar-refractivity contribution in [2.24, 2.45) is 0 Å². The zero-order chi connectivity index (χ0) is 16.6. The van der Waals surface area contributed by atoms with Crippen LogP contribution in [0.25, 0.3) is 0 Å². The monoisotopic (exact) mass is 332 g/mol. The van der Waals surface area contributed by atoms with Gasteiger partial charge in [-0.2, -0.15) is 0 Å². The molecule has 0 heterocycles. The van der Waals surface area contributed by atoms with E-state index >= 15 is 0 Å². The molecule has 2 aromatic rings. The number of hydrogen-bond donors (Lipinski definition) is 0. The maximum atomic E-state index is 12.8. The van der Waals surface area contributed by atoms with Crippen LogP contribution >= 0.6 is 0 Å². The highest BCUT2D eigenvalue weighted by Gasteiger charge is 2.49. The third-order valence-corrected chi connectivity index (χ3v) is 6.56. The van der Waals surface area contributed by atoms with Gasteiger partial charge in [-0.15, -0.1) is 0 Å². The molecule has 0 aromatic heterocycles. The van der Waals surface area contributed by atoms with Crippen LogP contribution in [0, 0.1) is 6.92 Å². The summed E-state index contributed by atoms with van der Waals surface area (Å²) < 4.78 is 36.2. The number of ether oxygens (including phenoxy) is 2. The van der Waals surface area contributed by atoms with Crippen molar-refractivity contribution < 1.29 is 17.9 Å². The molecule has 5 heteroatoms. The molecule has 0 unspecified atom stereocenters. The maximum Gasteiger partial charge on any atom is 0.181 e. The SMILES string of the molecule is COc1ccc(OC)c([C@H]2C[C@@H]2S(=O)(=O)c2ccc(C)cc2)c1. The summed E-state index contributed by atoms with van der Waals surface area (Å²) in [5.41, 5.74) is 1.94. The Morgan fingerprint density at radius 2 is 1.70 bits per heavy atom. The molecule has 0 amide bonds. The second kappa shape index (κ2) is 5.89. The van der Waals surface area contributed by atoms with Gasteiger partial charge in [0.1, 0.15) is 11.5 Å². The van der Waals surface area contributed by atoms with E-state index in [0.29, 0.717) is 22.8 Å². The van der Waals surface area contributed by atoms with E-state index in [2.05, 4.69) is 0 Å². The van der Waals surface area contributed by atoms with Crippen molar-refractivity contribution >= 4 is 9.84 Å². The average molecular weight is 332 g/mol. The molecule has 0 radical (unpaired) electrons. The summed E-state index contributed by atoms with van der Waals surface area (Å²) in [5.74, 6) is 1.36. The van der Waals surface area contributed by atoms with Crippen LogP contribution in [-0.2, 0) is 9.84 Å². The van der Waals surface area contributed by atoms with E-state index < -0.39 is 15.1 Å². The molecule has 1 fully saturated rings. The highest BCUT2D eigenvalue weighted by molar-refractivity contribution is 7.92. The van der Waals surface area contributed by atoms with Crippen LogP contribution in [0.1, 0.15) is 23.5 Å². The number of aryl methyl sites for hydroxylation is 1. The predicted octanol–water partition coefficient (Wildman–Crippen LogP) is 3.34. The first kappa shape index (κ1) is 15.9. The molecule has 0 aliphatic heterocycles. The summed E-state index contributed by atoms with van der Waals surface area (Å²) in [6, 6.07) is 12.5. The molecular weight excluding hydrogens is 312 g/mol. The Bertz CT molecular complexity index is 809. The predicted molar refractivity (Wildman–Crippen MR) is 89.1 cm³/mol. The van der Waals surface area contributed by atoms with Gasteiger partial charge in [0.05, 0.1) is 24.4 Å². The first-order chi connectivity index (χ1) is 11.0. The normalized spacial score (nSPS) is 20.1. The first-order valence-electron chi connectivity index (χ1n) is 7.50. The zero-order valence-corrected chi connectivity index (χ0v) is 14.3. The molecule has 1 aliphatic carbocycles. The Balaban J connectivity index is 1.91. The number of methoxy groups -OCH3 is 2. The summed E-state index contributed by atoms with van der Waals surface area (Å²) in [6.07, 6.45) is 0.611. The van der Waals surface area contributed by atoms with E-state index in [0.717, 1.165) is 11.1 Å².